The normalized spacial score (nSPS) is 10.3. The van der Waals surface area contributed by atoms with Gasteiger partial charge in [0.15, 0.2) is 0 Å². The maximum absolute atomic E-state index is 5.06. The first-order chi connectivity index (χ1) is 4.85. The summed E-state index contributed by atoms with van der Waals surface area (Å²) in [4.78, 5) is 0. The second kappa shape index (κ2) is 6.03. The SMILES string of the molecule is C#CN/C(=C\NC)CCC. The van der Waals surface area contributed by atoms with Crippen molar-refractivity contribution in [2.24, 2.45) is 0 Å². The number of allylic oxidation sites excluding steroid dienone is 1. The van der Waals surface area contributed by atoms with Crippen LogP contribution < -0.4 is 10.6 Å². The van der Waals surface area contributed by atoms with Crippen LogP contribution in [0.15, 0.2) is 11.9 Å². The van der Waals surface area contributed by atoms with Crippen LogP contribution in [0.25, 0.3) is 0 Å². The van der Waals surface area contributed by atoms with Crippen molar-refractivity contribution in [1.82, 2.24) is 10.6 Å². The first kappa shape index (κ1) is 8.90. The number of terminal acetylenes is 1. The fraction of sp³-hybridized carbons (Fsp3) is 0.500. The van der Waals surface area contributed by atoms with Gasteiger partial charge in [-0.3, -0.25) is 0 Å². The first-order valence-corrected chi connectivity index (χ1v) is 3.43. The smallest absolute Gasteiger partial charge is 0.0386 e. The van der Waals surface area contributed by atoms with Crippen LogP contribution in [0.3, 0.4) is 0 Å². The Morgan fingerprint density at radius 2 is 2.40 bits per heavy atom. The molecule has 56 valence electrons. The van der Waals surface area contributed by atoms with Gasteiger partial charge >= 0.3 is 0 Å². The lowest BCUT2D eigenvalue weighted by Gasteiger charge is -2.02. The van der Waals surface area contributed by atoms with E-state index in [1.807, 2.05) is 13.2 Å². The van der Waals surface area contributed by atoms with E-state index >= 15 is 0 Å². The number of rotatable bonds is 4. The molecule has 0 amide bonds. The fourth-order valence-electron chi connectivity index (χ4n) is 0.707. The molecular weight excluding hydrogens is 124 g/mol. The Balaban J connectivity index is 3.75. The third kappa shape index (κ3) is 3.85. The molecule has 0 fully saturated rings. The highest BCUT2D eigenvalue weighted by atomic mass is 14.9. The van der Waals surface area contributed by atoms with E-state index in [0.29, 0.717) is 0 Å². The van der Waals surface area contributed by atoms with Gasteiger partial charge in [-0.05, 0) is 6.42 Å². The van der Waals surface area contributed by atoms with Crippen LogP contribution in [0.5, 0.6) is 0 Å². The standard InChI is InChI=1S/C8H14N2/c1-4-6-8(7-9-3)10-5-2/h2,7,9-10H,4,6H2,1,3H3/b8-7-. The van der Waals surface area contributed by atoms with E-state index < -0.39 is 0 Å². The van der Waals surface area contributed by atoms with E-state index in [4.69, 9.17) is 6.42 Å². The second-order valence-electron chi connectivity index (χ2n) is 1.98. The lowest BCUT2D eigenvalue weighted by atomic mass is 10.3. The van der Waals surface area contributed by atoms with Gasteiger partial charge in [-0.25, -0.2) is 0 Å². The van der Waals surface area contributed by atoms with E-state index in [-0.39, 0.29) is 0 Å². The average molecular weight is 138 g/mol. The molecule has 10 heavy (non-hydrogen) atoms. The monoisotopic (exact) mass is 138 g/mol. The lowest BCUT2D eigenvalue weighted by molar-refractivity contribution is 0.831. The molecule has 2 nitrogen and oxygen atoms in total. The molecule has 2 N–H and O–H groups in total. The highest BCUT2D eigenvalue weighted by molar-refractivity contribution is 5.04. The van der Waals surface area contributed by atoms with Crippen LogP contribution in [0.4, 0.5) is 0 Å². The maximum atomic E-state index is 5.06. The predicted molar refractivity (Wildman–Crippen MR) is 44.0 cm³/mol. The minimum Gasteiger partial charge on any atom is -0.393 e. The summed E-state index contributed by atoms with van der Waals surface area (Å²) in [5, 5.41) is 5.73. The highest BCUT2D eigenvalue weighted by Crippen LogP contribution is 1.97. The molecule has 0 radical (unpaired) electrons. The molecule has 0 bridgehead atoms. The summed E-state index contributed by atoms with van der Waals surface area (Å²) in [6.45, 7) is 2.11. The molecule has 0 atom stereocenters. The topological polar surface area (TPSA) is 24.1 Å². The summed E-state index contributed by atoms with van der Waals surface area (Å²) in [5.74, 6) is 0. The molecule has 0 saturated carbocycles. The molecule has 0 rings (SSSR count). The van der Waals surface area contributed by atoms with Crippen LogP contribution in [0, 0.1) is 12.5 Å². The van der Waals surface area contributed by atoms with Crippen LogP contribution >= 0.6 is 0 Å². The van der Waals surface area contributed by atoms with Crippen LogP contribution in [-0.2, 0) is 0 Å². The Hall–Kier alpha value is -1.10. The van der Waals surface area contributed by atoms with Gasteiger partial charge in [-0.1, -0.05) is 19.8 Å². The average Bonchev–Trinajstić information content (AvgIpc) is 1.90. The van der Waals surface area contributed by atoms with Gasteiger partial charge in [0.05, 0.1) is 0 Å². The van der Waals surface area contributed by atoms with Crippen LogP contribution in [0.1, 0.15) is 19.8 Å². The second-order valence-corrected chi connectivity index (χ2v) is 1.98. The number of hydrogen-bond donors (Lipinski definition) is 2. The van der Waals surface area contributed by atoms with Crippen LogP contribution in [-0.4, -0.2) is 7.05 Å². The lowest BCUT2D eigenvalue weighted by Crippen LogP contribution is -2.08. The Kier molecular flexibility index (Phi) is 5.36. The van der Waals surface area contributed by atoms with E-state index in [1.165, 1.54) is 0 Å². The van der Waals surface area contributed by atoms with E-state index in [0.717, 1.165) is 18.5 Å². The largest absolute Gasteiger partial charge is 0.393 e. The molecule has 0 heterocycles. The Morgan fingerprint density at radius 1 is 1.70 bits per heavy atom. The molecule has 0 unspecified atom stereocenters. The van der Waals surface area contributed by atoms with E-state index in [2.05, 4.69) is 23.6 Å². The molecule has 0 aliphatic heterocycles. The molecule has 0 aromatic rings. The van der Waals surface area contributed by atoms with Gasteiger partial charge in [0, 0.05) is 25.0 Å². The van der Waals surface area contributed by atoms with E-state index in [9.17, 15) is 0 Å². The minimum absolute atomic E-state index is 0.991. The third-order valence-electron chi connectivity index (χ3n) is 1.07. The van der Waals surface area contributed by atoms with Gasteiger partial charge in [-0.2, -0.15) is 0 Å². The van der Waals surface area contributed by atoms with Gasteiger partial charge in [-0.15, -0.1) is 0 Å². The van der Waals surface area contributed by atoms with Crippen molar-refractivity contribution in [3.05, 3.63) is 11.9 Å². The molecular formula is C8H14N2. The minimum atomic E-state index is 0.991. The molecule has 0 aromatic carbocycles. The van der Waals surface area contributed by atoms with Crippen molar-refractivity contribution in [2.45, 2.75) is 19.8 Å². The molecule has 0 saturated heterocycles. The van der Waals surface area contributed by atoms with Crippen molar-refractivity contribution in [3.8, 4) is 12.5 Å². The zero-order valence-electron chi connectivity index (χ0n) is 6.57. The number of hydrogen-bond acceptors (Lipinski definition) is 2. The summed E-state index contributed by atoms with van der Waals surface area (Å²) in [6, 6.07) is 2.38. The zero-order valence-corrected chi connectivity index (χ0v) is 6.57. The first-order valence-electron chi connectivity index (χ1n) is 3.43. The van der Waals surface area contributed by atoms with Gasteiger partial charge in [0.2, 0.25) is 0 Å². The molecule has 0 spiro atoms. The Morgan fingerprint density at radius 3 is 2.80 bits per heavy atom. The van der Waals surface area contributed by atoms with Crippen molar-refractivity contribution >= 4 is 0 Å². The highest BCUT2D eigenvalue weighted by Gasteiger charge is 1.89. The van der Waals surface area contributed by atoms with E-state index in [1.54, 1.807) is 0 Å². The molecule has 0 aromatic heterocycles. The van der Waals surface area contributed by atoms with Crippen LogP contribution in [0.2, 0.25) is 0 Å². The summed E-state index contributed by atoms with van der Waals surface area (Å²) >= 11 is 0. The summed E-state index contributed by atoms with van der Waals surface area (Å²) in [5.41, 5.74) is 1.06. The summed E-state index contributed by atoms with van der Waals surface area (Å²) in [7, 11) is 1.86. The zero-order chi connectivity index (χ0) is 7.82. The fourth-order valence-corrected chi connectivity index (χ4v) is 0.707. The third-order valence-corrected chi connectivity index (χ3v) is 1.07. The molecule has 2 heteroatoms. The molecule has 0 aliphatic rings. The molecule has 0 aliphatic carbocycles. The van der Waals surface area contributed by atoms with Crippen molar-refractivity contribution in [1.29, 1.82) is 0 Å². The predicted octanol–water partition coefficient (Wildman–Crippen LogP) is 1.03. The Bertz CT molecular complexity index is 142. The quantitative estimate of drug-likeness (QED) is 0.448. The maximum Gasteiger partial charge on any atom is 0.0386 e. The van der Waals surface area contributed by atoms with Gasteiger partial charge < -0.3 is 10.6 Å². The summed E-state index contributed by atoms with van der Waals surface area (Å²) in [6.07, 6.45) is 9.03. The van der Waals surface area contributed by atoms with Gasteiger partial charge in [0.1, 0.15) is 0 Å². The van der Waals surface area contributed by atoms with Gasteiger partial charge in [0.25, 0.3) is 0 Å². The van der Waals surface area contributed by atoms with Crippen molar-refractivity contribution < 1.29 is 0 Å². The Labute approximate surface area is 62.7 Å². The number of nitrogens with one attached hydrogen (secondary N) is 2. The van der Waals surface area contributed by atoms with Crippen molar-refractivity contribution in [2.75, 3.05) is 7.05 Å². The summed E-state index contributed by atoms with van der Waals surface area (Å²) < 4.78 is 0. The van der Waals surface area contributed by atoms with Crippen molar-refractivity contribution in [3.63, 3.8) is 0 Å².